The molecule has 0 amide bonds. The van der Waals surface area contributed by atoms with Crippen molar-refractivity contribution in [3.63, 3.8) is 0 Å². The lowest BCUT2D eigenvalue weighted by atomic mass is 9.91. The summed E-state index contributed by atoms with van der Waals surface area (Å²) >= 11 is 0. The minimum absolute atomic E-state index is 0.171. The molecule has 178 valence electrons. The quantitative estimate of drug-likeness (QED) is 0.474. The van der Waals surface area contributed by atoms with Gasteiger partial charge in [-0.15, -0.1) is 0 Å². The second-order valence-corrected chi connectivity index (χ2v) is 8.50. The van der Waals surface area contributed by atoms with Crippen molar-refractivity contribution in [2.45, 2.75) is 25.5 Å². The molecule has 3 aromatic carbocycles. The fourth-order valence-corrected chi connectivity index (χ4v) is 4.64. The summed E-state index contributed by atoms with van der Waals surface area (Å²) in [5.41, 5.74) is 3.11. The van der Waals surface area contributed by atoms with Gasteiger partial charge in [0.05, 0.1) is 26.2 Å². The second kappa shape index (κ2) is 11.1. The highest BCUT2D eigenvalue weighted by Crippen LogP contribution is 2.41. The Kier molecular flexibility index (Phi) is 7.70. The van der Waals surface area contributed by atoms with Gasteiger partial charge >= 0.3 is 5.97 Å². The van der Waals surface area contributed by atoms with Gasteiger partial charge in [0.25, 0.3) is 0 Å². The molecule has 0 bridgehead atoms. The third-order valence-electron chi connectivity index (χ3n) is 6.34. The lowest BCUT2D eigenvalue weighted by Gasteiger charge is -2.38. The van der Waals surface area contributed by atoms with Crippen LogP contribution in [0.5, 0.6) is 17.2 Å². The van der Waals surface area contributed by atoms with Crippen LogP contribution in [-0.2, 0) is 11.4 Å². The first-order valence-electron chi connectivity index (χ1n) is 11.5. The van der Waals surface area contributed by atoms with E-state index in [0.29, 0.717) is 31.1 Å². The maximum atomic E-state index is 11.8. The van der Waals surface area contributed by atoms with Crippen LogP contribution in [0, 0.1) is 5.92 Å². The molecule has 0 radical (unpaired) electrons. The monoisotopic (exact) mass is 461 g/mol. The maximum absolute atomic E-state index is 11.8. The highest BCUT2D eigenvalue weighted by Gasteiger charge is 2.33. The van der Waals surface area contributed by atoms with Crippen LogP contribution in [0.2, 0.25) is 0 Å². The van der Waals surface area contributed by atoms with Gasteiger partial charge in [0.15, 0.2) is 11.5 Å². The lowest BCUT2D eigenvalue weighted by molar-refractivity contribution is -0.143. The predicted molar refractivity (Wildman–Crippen MR) is 131 cm³/mol. The van der Waals surface area contributed by atoms with Crippen molar-refractivity contribution >= 4 is 5.97 Å². The molecule has 2 atom stereocenters. The summed E-state index contributed by atoms with van der Waals surface area (Å²) in [6, 6.07) is 23.8. The third-order valence-corrected chi connectivity index (χ3v) is 6.34. The Bertz CT molecular complexity index is 1080. The van der Waals surface area contributed by atoms with Crippen molar-refractivity contribution in [2.24, 2.45) is 5.92 Å². The molecule has 6 heteroatoms. The number of methoxy groups -OCH3 is 2. The Morgan fingerprint density at radius 3 is 2.44 bits per heavy atom. The first kappa shape index (κ1) is 23.6. The largest absolute Gasteiger partial charge is 0.493 e. The van der Waals surface area contributed by atoms with E-state index in [0.717, 1.165) is 35.4 Å². The zero-order valence-corrected chi connectivity index (χ0v) is 19.6. The van der Waals surface area contributed by atoms with Gasteiger partial charge in [0, 0.05) is 12.1 Å². The van der Waals surface area contributed by atoms with E-state index in [1.165, 1.54) is 0 Å². The first-order chi connectivity index (χ1) is 16.6. The van der Waals surface area contributed by atoms with Crippen molar-refractivity contribution in [3.05, 3.63) is 89.5 Å². The van der Waals surface area contributed by atoms with E-state index in [9.17, 15) is 9.90 Å². The first-order valence-corrected chi connectivity index (χ1v) is 11.5. The SMILES string of the molecule is COc1cccc(C(c2ccc(OCc3ccccc3)cc2)N2CCCC(C(=O)O)C2)c1OC. The highest BCUT2D eigenvalue weighted by molar-refractivity contribution is 5.70. The summed E-state index contributed by atoms with van der Waals surface area (Å²) in [6.45, 7) is 1.79. The number of likely N-dealkylation sites (tertiary alicyclic amines) is 1. The molecule has 1 heterocycles. The number of carbonyl (C=O) groups is 1. The standard InChI is InChI=1S/C28H31NO5/c1-32-25-12-6-11-24(27(25)33-2)26(29-17-7-10-22(18-29)28(30)31)21-13-15-23(16-14-21)34-19-20-8-4-3-5-9-20/h3-6,8-9,11-16,22,26H,7,10,17-19H2,1-2H3,(H,30,31). The molecule has 0 aromatic heterocycles. The number of aliphatic carboxylic acids is 1. The van der Waals surface area contributed by atoms with Gasteiger partial charge in [-0.2, -0.15) is 0 Å². The van der Waals surface area contributed by atoms with Gasteiger partial charge < -0.3 is 19.3 Å². The minimum Gasteiger partial charge on any atom is -0.493 e. The van der Waals surface area contributed by atoms with Gasteiger partial charge in [-0.1, -0.05) is 54.6 Å². The predicted octanol–water partition coefficient (Wildman–Crippen LogP) is 5.17. The van der Waals surface area contributed by atoms with Gasteiger partial charge in [-0.3, -0.25) is 9.69 Å². The summed E-state index contributed by atoms with van der Waals surface area (Å²) < 4.78 is 17.3. The second-order valence-electron chi connectivity index (χ2n) is 8.50. The molecular formula is C28H31NO5. The molecular weight excluding hydrogens is 430 g/mol. The number of hydrogen-bond donors (Lipinski definition) is 1. The van der Waals surface area contributed by atoms with Gasteiger partial charge in [-0.05, 0) is 48.7 Å². The summed E-state index contributed by atoms with van der Waals surface area (Å²) in [4.78, 5) is 14.0. The molecule has 1 fully saturated rings. The number of piperidine rings is 1. The number of benzene rings is 3. The Balaban J connectivity index is 1.65. The highest BCUT2D eigenvalue weighted by atomic mass is 16.5. The fourth-order valence-electron chi connectivity index (χ4n) is 4.64. The van der Waals surface area contributed by atoms with Gasteiger partial charge in [-0.25, -0.2) is 0 Å². The smallest absolute Gasteiger partial charge is 0.307 e. The van der Waals surface area contributed by atoms with Crippen molar-refractivity contribution < 1.29 is 24.1 Å². The van der Waals surface area contributed by atoms with Crippen LogP contribution in [0.1, 0.15) is 35.6 Å². The van der Waals surface area contributed by atoms with Crippen LogP contribution in [0.25, 0.3) is 0 Å². The van der Waals surface area contributed by atoms with E-state index >= 15 is 0 Å². The third kappa shape index (κ3) is 5.34. The Hall–Kier alpha value is -3.51. The van der Waals surface area contributed by atoms with Crippen LogP contribution in [-0.4, -0.2) is 43.3 Å². The molecule has 1 aliphatic rings. The van der Waals surface area contributed by atoms with E-state index in [1.807, 2.05) is 72.8 Å². The number of para-hydroxylation sites is 1. The Morgan fingerprint density at radius 1 is 1.00 bits per heavy atom. The van der Waals surface area contributed by atoms with Gasteiger partial charge in [0.1, 0.15) is 12.4 Å². The molecule has 6 nitrogen and oxygen atoms in total. The van der Waals surface area contributed by atoms with E-state index in [-0.39, 0.29) is 12.0 Å². The van der Waals surface area contributed by atoms with E-state index in [4.69, 9.17) is 14.2 Å². The van der Waals surface area contributed by atoms with Crippen LogP contribution >= 0.6 is 0 Å². The lowest BCUT2D eigenvalue weighted by Crippen LogP contribution is -2.41. The Morgan fingerprint density at radius 2 is 1.76 bits per heavy atom. The van der Waals surface area contributed by atoms with E-state index in [1.54, 1.807) is 14.2 Å². The average Bonchev–Trinajstić information content (AvgIpc) is 2.89. The molecule has 4 rings (SSSR count). The Labute approximate surface area is 200 Å². The van der Waals surface area contributed by atoms with E-state index < -0.39 is 5.97 Å². The van der Waals surface area contributed by atoms with Crippen molar-refractivity contribution in [1.29, 1.82) is 0 Å². The number of nitrogens with zero attached hydrogens (tertiary/aromatic N) is 1. The zero-order valence-electron chi connectivity index (χ0n) is 19.6. The normalized spacial score (nSPS) is 17.1. The summed E-state index contributed by atoms with van der Waals surface area (Å²) in [6.07, 6.45) is 1.53. The van der Waals surface area contributed by atoms with Crippen LogP contribution in [0.3, 0.4) is 0 Å². The minimum atomic E-state index is -0.745. The van der Waals surface area contributed by atoms with Crippen molar-refractivity contribution in [1.82, 2.24) is 4.90 Å². The molecule has 1 N–H and O–H groups in total. The molecule has 0 aliphatic carbocycles. The number of ether oxygens (including phenoxy) is 3. The molecule has 3 aromatic rings. The number of carboxylic acids is 1. The number of carboxylic acid groups (broad SMARTS) is 1. The van der Waals surface area contributed by atoms with E-state index in [2.05, 4.69) is 4.90 Å². The molecule has 34 heavy (non-hydrogen) atoms. The molecule has 1 aliphatic heterocycles. The fraction of sp³-hybridized carbons (Fsp3) is 0.321. The topological polar surface area (TPSA) is 68.2 Å². The number of hydrogen-bond acceptors (Lipinski definition) is 5. The van der Waals surface area contributed by atoms with Crippen LogP contribution in [0.4, 0.5) is 0 Å². The van der Waals surface area contributed by atoms with Crippen LogP contribution in [0.15, 0.2) is 72.8 Å². The number of rotatable bonds is 9. The summed E-state index contributed by atoms with van der Waals surface area (Å²) in [7, 11) is 3.26. The molecule has 0 saturated carbocycles. The molecule has 2 unspecified atom stereocenters. The zero-order chi connectivity index (χ0) is 23.9. The molecule has 0 spiro atoms. The summed E-state index contributed by atoms with van der Waals surface area (Å²) in [5.74, 6) is 0.967. The van der Waals surface area contributed by atoms with Crippen molar-refractivity contribution in [2.75, 3.05) is 27.3 Å². The van der Waals surface area contributed by atoms with Crippen molar-refractivity contribution in [3.8, 4) is 17.2 Å². The maximum Gasteiger partial charge on any atom is 0.307 e. The van der Waals surface area contributed by atoms with Gasteiger partial charge in [0.2, 0.25) is 0 Å². The summed E-state index contributed by atoms with van der Waals surface area (Å²) in [5, 5.41) is 9.66. The molecule has 1 saturated heterocycles. The van der Waals surface area contributed by atoms with Crippen LogP contribution < -0.4 is 14.2 Å². The average molecular weight is 462 g/mol.